The van der Waals surface area contributed by atoms with Crippen LogP contribution in [-0.4, -0.2) is 35.5 Å². The zero-order chi connectivity index (χ0) is 15.9. The molecule has 5 heteroatoms. The van der Waals surface area contributed by atoms with Crippen LogP contribution in [0.25, 0.3) is 0 Å². The number of urea groups is 1. The molecule has 0 radical (unpaired) electrons. The van der Waals surface area contributed by atoms with Crippen LogP contribution in [0.2, 0.25) is 0 Å². The molecule has 1 saturated heterocycles. The van der Waals surface area contributed by atoms with Gasteiger partial charge in [-0.05, 0) is 37.7 Å². The predicted octanol–water partition coefficient (Wildman–Crippen LogP) is 1.32. The van der Waals surface area contributed by atoms with Crippen LogP contribution in [0.3, 0.4) is 0 Å². The van der Waals surface area contributed by atoms with Gasteiger partial charge in [0.25, 0.3) is 0 Å². The van der Waals surface area contributed by atoms with Crippen molar-refractivity contribution in [1.82, 2.24) is 10.2 Å². The van der Waals surface area contributed by atoms with Crippen molar-refractivity contribution in [3.63, 3.8) is 0 Å². The largest absolute Gasteiger partial charge is 0.548 e. The van der Waals surface area contributed by atoms with Gasteiger partial charge in [-0.1, -0.05) is 37.3 Å². The molecule has 2 amide bonds. The molecule has 22 heavy (non-hydrogen) atoms. The van der Waals surface area contributed by atoms with E-state index < -0.39 is 12.0 Å². The number of aliphatic carboxylic acids is 1. The summed E-state index contributed by atoms with van der Waals surface area (Å²) < 4.78 is 0. The maximum absolute atomic E-state index is 12.4. The summed E-state index contributed by atoms with van der Waals surface area (Å²) in [5.41, 5.74) is 0.864. The van der Waals surface area contributed by atoms with Crippen molar-refractivity contribution in [2.24, 2.45) is 0 Å². The van der Waals surface area contributed by atoms with E-state index in [0.29, 0.717) is 6.54 Å². The van der Waals surface area contributed by atoms with Crippen LogP contribution >= 0.6 is 0 Å². The quantitative estimate of drug-likeness (QED) is 0.891. The van der Waals surface area contributed by atoms with Crippen LogP contribution in [0.4, 0.5) is 4.79 Å². The molecule has 1 aliphatic heterocycles. The third-order valence-electron chi connectivity index (χ3n) is 4.22. The van der Waals surface area contributed by atoms with Gasteiger partial charge in [-0.2, -0.15) is 0 Å². The highest BCUT2D eigenvalue weighted by molar-refractivity contribution is 5.82. The monoisotopic (exact) mass is 303 g/mol. The fourth-order valence-corrected chi connectivity index (χ4v) is 2.97. The third-order valence-corrected chi connectivity index (χ3v) is 4.22. The van der Waals surface area contributed by atoms with E-state index in [2.05, 4.69) is 12.2 Å². The molecule has 1 aliphatic rings. The number of hydrogen-bond acceptors (Lipinski definition) is 3. The van der Waals surface area contributed by atoms with Crippen LogP contribution in [0.1, 0.15) is 38.2 Å². The molecule has 2 atom stereocenters. The molecule has 0 aliphatic carbocycles. The fraction of sp³-hybridized carbons (Fsp3) is 0.529. The molecule has 120 valence electrons. The Hall–Kier alpha value is -2.04. The second-order valence-corrected chi connectivity index (χ2v) is 5.76. The van der Waals surface area contributed by atoms with E-state index in [9.17, 15) is 14.7 Å². The highest BCUT2D eigenvalue weighted by Gasteiger charge is 2.27. The Morgan fingerprint density at radius 2 is 2.05 bits per heavy atom. The average molecular weight is 303 g/mol. The lowest BCUT2D eigenvalue weighted by atomic mass is 10.0. The maximum atomic E-state index is 12.4. The number of benzene rings is 1. The minimum absolute atomic E-state index is 0.202. The van der Waals surface area contributed by atoms with Crippen LogP contribution in [0.5, 0.6) is 0 Å². The SMILES string of the molecule is CC[C@@H]1CCCCN1C(=O)N[C@@H](Cc1ccccc1)C(=O)[O-]. The summed E-state index contributed by atoms with van der Waals surface area (Å²) in [6.45, 7) is 2.74. The number of hydrogen-bond donors (Lipinski definition) is 1. The summed E-state index contributed by atoms with van der Waals surface area (Å²) >= 11 is 0. The van der Waals surface area contributed by atoms with Crippen molar-refractivity contribution in [2.45, 2.75) is 51.1 Å². The van der Waals surface area contributed by atoms with Crippen molar-refractivity contribution in [3.8, 4) is 0 Å². The molecule has 2 rings (SSSR count). The first-order valence-corrected chi connectivity index (χ1v) is 7.93. The molecular formula is C17H23N2O3-. The lowest BCUT2D eigenvalue weighted by molar-refractivity contribution is -0.308. The van der Waals surface area contributed by atoms with E-state index in [1.807, 2.05) is 30.3 Å². The molecular weight excluding hydrogens is 280 g/mol. The van der Waals surface area contributed by atoms with Gasteiger partial charge in [-0.3, -0.25) is 0 Å². The Morgan fingerprint density at radius 3 is 2.68 bits per heavy atom. The number of carbonyl (C=O) groups excluding carboxylic acids is 2. The van der Waals surface area contributed by atoms with Gasteiger partial charge < -0.3 is 20.1 Å². The normalized spacial score (nSPS) is 19.5. The number of amides is 2. The van der Waals surface area contributed by atoms with Crippen LogP contribution in [0, 0.1) is 0 Å². The second-order valence-electron chi connectivity index (χ2n) is 5.76. The van der Waals surface area contributed by atoms with E-state index >= 15 is 0 Å². The second kappa shape index (κ2) is 7.82. The Labute approximate surface area is 131 Å². The first-order chi connectivity index (χ1) is 10.6. The molecule has 1 N–H and O–H groups in total. The van der Waals surface area contributed by atoms with Crippen molar-refractivity contribution < 1.29 is 14.7 Å². The number of carboxylic acid groups (broad SMARTS) is 1. The maximum Gasteiger partial charge on any atom is 0.318 e. The first kappa shape index (κ1) is 16.3. The van der Waals surface area contributed by atoms with Gasteiger partial charge in [0, 0.05) is 12.6 Å². The van der Waals surface area contributed by atoms with Gasteiger partial charge in [-0.25, -0.2) is 4.79 Å². The minimum Gasteiger partial charge on any atom is -0.548 e. The Morgan fingerprint density at radius 1 is 1.32 bits per heavy atom. The van der Waals surface area contributed by atoms with Gasteiger partial charge in [0.2, 0.25) is 0 Å². The molecule has 5 nitrogen and oxygen atoms in total. The van der Waals surface area contributed by atoms with E-state index in [0.717, 1.165) is 31.2 Å². The van der Waals surface area contributed by atoms with E-state index in [1.165, 1.54) is 0 Å². The molecule has 0 spiro atoms. The van der Waals surface area contributed by atoms with Crippen molar-refractivity contribution in [2.75, 3.05) is 6.54 Å². The van der Waals surface area contributed by atoms with E-state index in [1.54, 1.807) is 4.90 Å². The van der Waals surface area contributed by atoms with Crippen LogP contribution in [0.15, 0.2) is 30.3 Å². The van der Waals surface area contributed by atoms with Gasteiger partial charge >= 0.3 is 6.03 Å². The summed E-state index contributed by atoms with van der Waals surface area (Å²) in [7, 11) is 0. The van der Waals surface area contributed by atoms with Crippen molar-refractivity contribution in [1.29, 1.82) is 0 Å². The zero-order valence-electron chi connectivity index (χ0n) is 13.0. The number of nitrogens with one attached hydrogen (secondary N) is 1. The Kier molecular flexibility index (Phi) is 5.81. The van der Waals surface area contributed by atoms with Gasteiger partial charge in [-0.15, -0.1) is 0 Å². The van der Waals surface area contributed by atoms with Gasteiger partial charge in [0.1, 0.15) is 0 Å². The Bertz CT molecular complexity index is 504. The standard InChI is InChI=1S/C17H24N2O3/c1-2-14-10-6-7-11-19(14)17(22)18-15(16(20)21)12-13-8-4-3-5-9-13/h3-5,8-9,14-15H,2,6-7,10-12H2,1H3,(H,18,22)(H,20,21)/p-1/t14-,15+/m1/s1. The number of likely N-dealkylation sites (tertiary alicyclic amines) is 1. The zero-order valence-corrected chi connectivity index (χ0v) is 13.0. The molecule has 0 saturated carbocycles. The minimum atomic E-state index is -1.25. The Balaban J connectivity index is 2.01. The summed E-state index contributed by atoms with van der Waals surface area (Å²) in [5, 5.41) is 14.0. The number of piperidine rings is 1. The molecule has 1 aromatic rings. The molecule has 1 fully saturated rings. The van der Waals surface area contributed by atoms with Crippen molar-refractivity contribution in [3.05, 3.63) is 35.9 Å². The molecule has 1 heterocycles. The number of rotatable bonds is 5. The molecule has 0 unspecified atom stereocenters. The summed E-state index contributed by atoms with van der Waals surface area (Å²) in [6.07, 6.45) is 4.20. The highest BCUT2D eigenvalue weighted by Crippen LogP contribution is 2.19. The number of nitrogens with zero attached hydrogens (tertiary/aromatic N) is 1. The van der Waals surface area contributed by atoms with Crippen LogP contribution in [-0.2, 0) is 11.2 Å². The predicted molar refractivity (Wildman–Crippen MR) is 82.1 cm³/mol. The van der Waals surface area contributed by atoms with E-state index in [4.69, 9.17) is 0 Å². The highest BCUT2D eigenvalue weighted by atomic mass is 16.4. The fourth-order valence-electron chi connectivity index (χ4n) is 2.97. The lowest BCUT2D eigenvalue weighted by Gasteiger charge is -2.36. The number of carboxylic acids is 1. The summed E-state index contributed by atoms with van der Waals surface area (Å²) in [5.74, 6) is -1.25. The average Bonchev–Trinajstić information content (AvgIpc) is 2.55. The third kappa shape index (κ3) is 4.23. The molecule has 1 aromatic carbocycles. The van der Waals surface area contributed by atoms with Gasteiger partial charge in [0.15, 0.2) is 0 Å². The lowest BCUT2D eigenvalue weighted by Crippen LogP contribution is -2.56. The molecule has 0 bridgehead atoms. The van der Waals surface area contributed by atoms with Gasteiger partial charge in [0.05, 0.1) is 12.0 Å². The van der Waals surface area contributed by atoms with Crippen LogP contribution < -0.4 is 10.4 Å². The first-order valence-electron chi connectivity index (χ1n) is 7.93. The smallest absolute Gasteiger partial charge is 0.318 e. The number of carbonyl (C=O) groups is 2. The van der Waals surface area contributed by atoms with E-state index in [-0.39, 0.29) is 18.5 Å². The summed E-state index contributed by atoms with van der Waals surface area (Å²) in [4.78, 5) is 25.5. The molecule has 0 aromatic heterocycles. The topological polar surface area (TPSA) is 72.5 Å². The summed E-state index contributed by atoms with van der Waals surface area (Å²) in [6, 6.07) is 8.16. The van der Waals surface area contributed by atoms with Crippen molar-refractivity contribution >= 4 is 12.0 Å².